The van der Waals surface area contributed by atoms with Crippen LogP contribution in [-0.4, -0.2) is 47.4 Å². The summed E-state index contributed by atoms with van der Waals surface area (Å²) in [6.07, 6.45) is 1.21. The summed E-state index contributed by atoms with van der Waals surface area (Å²) in [7, 11) is 0. The molecule has 0 aromatic heterocycles. The molecule has 1 heterocycles. The van der Waals surface area contributed by atoms with Gasteiger partial charge in [0.1, 0.15) is 18.2 Å². The van der Waals surface area contributed by atoms with Crippen molar-refractivity contribution in [1.82, 2.24) is 10.2 Å². The number of halogens is 2. The fourth-order valence-corrected chi connectivity index (χ4v) is 3.12. The lowest BCUT2D eigenvalue weighted by Gasteiger charge is -2.25. The van der Waals surface area contributed by atoms with Crippen LogP contribution in [0.15, 0.2) is 18.2 Å². The number of rotatable bonds is 4. The van der Waals surface area contributed by atoms with Gasteiger partial charge >= 0.3 is 5.97 Å². The van der Waals surface area contributed by atoms with Gasteiger partial charge in [-0.25, -0.2) is 0 Å². The molecule has 6 nitrogen and oxygen atoms in total. The Hall–Kier alpha value is -1.79. The minimum absolute atomic E-state index is 0.243. The summed E-state index contributed by atoms with van der Waals surface area (Å²) in [4.78, 5) is 38.4. The molecular weight excluding hydrogens is 379 g/mol. The first-order valence-electron chi connectivity index (χ1n) is 8.34. The van der Waals surface area contributed by atoms with E-state index in [4.69, 9.17) is 27.9 Å². The van der Waals surface area contributed by atoms with Gasteiger partial charge in [0.15, 0.2) is 0 Å². The van der Waals surface area contributed by atoms with Crippen LogP contribution in [-0.2, 0) is 14.3 Å². The van der Waals surface area contributed by atoms with Crippen molar-refractivity contribution in [1.29, 1.82) is 0 Å². The number of carbonyl (C=O) groups excluding carboxylic acids is 3. The fourth-order valence-electron chi connectivity index (χ4n) is 2.75. The van der Waals surface area contributed by atoms with E-state index in [9.17, 15) is 14.4 Å². The summed E-state index contributed by atoms with van der Waals surface area (Å²) in [5.74, 6) is -1.27. The summed E-state index contributed by atoms with van der Waals surface area (Å²) < 4.78 is 5.16. The zero-order valence-electron chi connectivity index (χ0n) is 15.0. The summed E-state index contributed by atoms with van der Waals surface area (Å²) >= 11 is 12.0. The van der Waals surface area contributed by atoms with Gasteiger partial charge in [-0.2, -0.15) is 0 Å². The molecule has 2 rings (SSSR count). The third kappa shape index (κ3) is 5.35. The summed E-state index contributed by atoms with van der Waals surface area (Å²) in [5, 5.41) is 3.21. The maximum absolute atomic E-state index is 12.8. The van der Waals surface area contributed by atoms with Crippen LogP contribution in [0.2, 0.25) is 10.0 Å². The Morgan fingerprint density at radius 2 is 1.96 bits per heavy atom. The molecule has 1 atom stereocenters. The zero-order chi connectivity index (χ0) is 19.5. The van der Waals surface area contributed by atoms with Crippen molar-refractivity contribution in [2.45, 2.75) is 45.3 Å². The molecule has 1 saturated heterocycles. The van der Waals surface area contributed by atoms with E-state index in [2.05, 4.69) is 5.32 Å². The van der Waals surface area contributed by atoms with Gasteiger partial charge in [-0.05, 0) is 51.8 Å². The Morgan fingerprint density at radius 3 is 2.62 bits per heavy atom. The second kappa shape index (κ2) is 8.27. The third-order valence-electron chi connectivity index (χ3n) is 3.80. The Labute approximate surface area is 162 Å². The van der Waals surface area contributed by atoms with Crippen molar-refractivity contribution in [3.05, 3.63) is 33.8 Å². The second-order valence-corrected chi connectivity index (χ2v) is 7.93. The van der Waals surface area contributed by atoms with Crippen LogP contribution in [0.1, 0.15) is 44.0 Å². The molecule has 0 bridgehead atoms. The van der Waals surface area contributed by atoms with Crippen molar-refractivity contribution in [3.8, 4) is 0 Å². The van der Waals surface area contributed by atoms with Crippen molar-refractivity contribution < 1.29 is 19.1 Å². The van der Waals surface area contributed by atoms with Gasteiger partial charge in [0.05, 0.1) is 10.6 Å². The smallest absolute Gasteiger partial charge is 0.325 e. The van der Waals surface area contributed by atoms with Crippen LogP contribution in [0, 0.1) is 0 Å². The molecule has 8 heteroatoms. The maximum Gasteiger partial charge on any atom is 0.325 e. The number of nitrogens with one attached hydrogen (secondary N) is 1. The minimum atomic E-state index is -0.653. The Morgan fingerprint density at radius 1 is 1.27 bits per heavy atom. The summed E-state index contributed by atoms with van der Waals surface area (Å²) in [5.41, 5.74) is -0.369. The van der Waals surface area contributed by atoms with Crippen molar-refractivity contribution in [2.24, 2.45) is 0 Å². The number of hydrogen-bond acceptors (Lipinski definition) is 4. The number of likely N-dealkylation sites (tertiary alicyclic amines) is 1. The normalized spacial score (nSPS) is 17.1. The molecule has 1 N–H and O–H groups in total. The first-order chi connectivity index (χ1) is 12.1. The molecule has 1 fully saturated rings. The second-order valence-electron chi connectivity index (χ2n) is 7.08. The molecule has 0 aliphatic carbocycles. The first-order valence-corrected chi connectivity index (χ1v) is 9.09. The lowest BCUT2D eigenvalue weighted by atomic mass is 10.1. The van der Waals surface area contributed by atoms with Crippen LogP contribution in [0.3, 0.4) is 0 Å². The van der Waals surface area contributed by atoms with E-state index in [-0.39, 0.29) is 28.9 Å². The highest BCUT2D eigenvalue weighted by molar-refractivity contribution is 6.35. The highest BCUT2D eigenvalue weighted by Crippen LogP contribution is 2.26. The number of benzene rings is 1. The van der Waals surface area contributed by atoms with E-state index in [1.165, 1.54) is 11.0 Å². The number of hydrogen-bond donors (Lipinski definition) is 1. The number of carbonyl (C=O) groups is 3. The molecule has 1 aromatic rings. The summed E-state index contributed by atoms with van der Waals surface area (Å²) in [6, 6.07) is 3.97. The predicted octanol–water partition coefficient (Wildman–Crippen LogP) is 3.06. The molecule has 0 radical (unpaired) electrons. The highest BCUT2D eigenvalue weighted by Gasteiger charge is 2.35. The Balaban J connectivity index is 2.03. The van der Waals surface area contributed by atoms with Crippen LogP contribution in [0.5, 0.6) is 0 Å². The number of ether oxygens (including phenoxy) is 1. The van der Waals surface area contributed by atoms with Crippen molar-refractivity contribution in [2.75, 3.05) is 13.1 Å². The lowest BCUT2D eigenvalue weighted by molar-refractivity contribution is -0.154. The molecule has 1 aromatic carbocycles. The average Bonchev–Trinajstić information content (AvgIpc) is 3.02. The summed E-state index contributed by atoms with van der Waals surface area (Å²) in [6.45, 7) is 5.44. The Kier molecular flexibility index (Phi) is 6.53. The molecule has 142 valence electrons. The van der Waals surface area contributed by atoms with Gasteiger partial charge in [-0.3, -0.25) is 14.4 Å². The van der Waals surface area contributed by atoms with Crippen LogP contribution in [0.25, 0.3) is 0 Å². The van der Waals surface area contributed by atoms with E-state index in [0.717, 1.165) is 0 Å². The van der Waals surface area contributed by atoms with E-state index in [0.29, 0.717) is 24.4 Å². The number of nitrogens with zero attached hydrogens (tertiary/aromatic N) is 1. The van der Waals surface area contributed by atoms with Gasteiger partial charge in [-0.1, -0.05) is 23.2 Å². The quantitative estimate of drug-likeness (QED) is 0.787. The van der Waals surface area contributed by atoms with Gasteiger partial charge in [0.25, 0.3) is 5.91 Å². The highest BCUT2D eigenvalue weighted by atomic mass is 35.5. The first kappa shape index (κ1) is 20.5. The minimum Gasteiger partial charge on any atom is -0.459 e. The van der Waals surface area contributed by atoms with Crippen LogP contribution >= 0.6 is 23.2 Å². The topological polar surface area (TPSA) is 75.7 Å². The maximum atomic E-state index is 12.8. The lowest BCUT2D eigenvalue weighted by Crippen LogP contribution is -2.47. The standard InChI is InChI=1S/C18H22Cl2N2O4/c1-18(2,3)26-15(23)10-21-16(24)14-5-4-8-22(14)17(25)12-9-11(19)6-7-13(12)20/h6-7,9,14H,4-5,8,10H2,1-3H3,(H,21,24)/t14-/m0/s1. The molecular formula is C18H22Cl2N2O4. The Bertz CT molecular complexity index is 716. The molecule has 1 aliphatic rings. The van der Waals surface area contributed by atoms with E-state index < -0.39 is 17.6 Å². The molecule has 0 spiro atoms. The van der Waals surface area contributed by atoms with E-state index in [1.54, 1.807) is 32.9 Å². The fraction of sp³-hybridized carbons (Fsp3) is 0.500. The van der Waals surface area contributed by atoms with Crippen LogP contribution < -0.4 is 5.32 Å². The van der Waals surface area contributed by atoms with Crippen molar-refractivity contribution in [3.63, 3.8) is 0 Å². The largest absolute Gasteiger partial charge is 0.459 e. The monoisotopic (exact) mass is 400 g/mol. The van der Waals surface area contributed by atoms with Gasteiger partial charge in [0.2, 0.25) is 5.91 Å². The predicted molar refractivity (Wildman–Crippen MR) is 99.4 cm³/mol. The molecule has 0 unspecified atom stereocenters. The van der Waals surface area contributed by atoms with Gasteiger partial charge in [-0.15, -0.1) is 0 Å². The number of amides is 2. The van der Waals surface area contributed by atoms with E-state index >= 15 is 0 Å². The number of esters is 1. The zero-order valence-corrected chi connectivity index (χ0v) is 16.5. The van der Waals surface area contributed by atoms with Gasteiger partial charge in [0, 0.05) is 11.6 Å². The van der Waals surface area contributed by atoms with Gasteiger partial charge < -0.3 is 15.0 Å². The third-order valence-corrected chi connectivity index (χ3v) is 4.37. The molecule has 1 aliphatic heterocycles. The van der Waals surface area contributed by atoms with Crippen molar-refractivity contribution >= 4 is 41.0 Å². The van der Waals surface area contributed by atoms with Crippen LogP contribution in [0.4, 0.5) is 0 Å². The molecule has 26 heavy (non-hydrogen) atoms. The van der Waals surface area contributed by atoms with E-state index in [1.807, 2.05) is 0 Å². The SMILES string of the molecule is CC(C)(C)OC(=O)CNC(=O)[C@@H]1CCCN1C(=O)c1cc(Cl)ccc1Cl. The average molecular weight is 401 g/mol. The molecule has 2 amide bonds. The molecule has 0 saturated carbocycles.